The highest BCUT2D eigenvalue weighted by Gasteiger charge is 2.48. The van der Waals surface area contributed by atoms with Gasteiger partial charge in [0, 0.05) is 72.6 Å². The van der Waals surface area contributed by atoms with Crippen molar-refractivity contribution < 1.29 is 37.8 Å². The second-order valence-electron chi connectivity index (χ2n) is 17.8. The molecule has 1 unspecified atom stereocenters. The Hall–Kier alpha value is -6.03. The number of piperidine rings is 3. The number of likely N-dealkylation sites (tertiary alicyclic amines) is 1. The smallest absolute Gasteiger partial charge is 0.413 e. The van der Waals surface area contributed by atoms with E-state index in [0.29, 0.717) is 65.0 Å². The minimum Gasteiger partial charge on any atom is -0.494 e. The fourth-order valence-corrected chi connectivity index (χ4v) is 10.6. The van der Waals surface area contributed by atoms with Crippen LogP contribution in [0.5, 0.6) is 11.6 Å². The van der Waals surface area contributed by atoms with Crippen molar-refractivity contribution >= 4 is 51.8 Å². The van der Waals surface area contributed by atoms with Gasteiger partial charge in [0.15, 0.2) is 0 Å². The molecular weight excluding hydrogens is 796 g/mol. The third-order valence-corrected chi connectivity index (χ3v) is 14.1. The molecule has 0 bridgehead atoms. The van der Waals surface area contributed by atoms with Gasteiger partial charge in [-0.25, -0.2) is 19.2 Å². The molecule has 1 atom stereocenters. The van der Waals surface area contributed by atoms with Gasteiger partial charge in [0.2, 0.25) is 17.7 Å². The molecule has 16 heteroatoms. The Morgan fingerprint density at radius 3 is 2.56 bits per heavy atom. The summed E-state index contributed by atoms with van der Waals surface area (Å²) >= 11 is 0. The number of hydrogen-bond donors (Lipinski definition) is 3. The molecule has 1 spiro atoms. The van der Waals surface area contributed by atoms with Gasteiger partial charge in [0.25, 0.3) is 5.91 Å². The number of rotatable bonds is 8. The number of anilines is 3. The van der Waals surface area contributed by atoms with E-state index in [2.05, 4.69) is 35.7 Å². The number of imide groups is 1. The van der Waals surface area contributed by atoms with Crippen LogP contribution in [-0.2, 0) is 20.9 Å². The van der Waals surface area contributed by atoms with Crippen LogP contribution in [0.15, 0.2) is 42.7 Å². The van der Waals surface area contributed by atoms with Crippen LogP contribution in [0.4, 0.5) is 26.4 Å². The van der Waals surface area contributed by atoms with Crippen molar-refractivity contribution in [3.63, 3.8) is 0 Å². The molecule has 62 heavy (non-hydrogen) atoms. The zero-order chi connectivity index (χ0) is 42.7. The number of nitrogens with zero attached hydrogens (tertiary/aromatic N) is 5. The normalized spacial score (nSPS) is 21.5. The molecule has 2 aromatic carbocycles. The highest BCUT2D eigenvalue weighted by atomic mass is 19.1. The zero-order valence-electron chi connectivity index (χ0n) is 35.1. The second-order valence-corrected chi connectivity index (χ2v) is 17.8. The Kier molecular flexibility index (Phi) is 10.4. The largest absolute Gasteiger partial charge is 0.494 e. The van der Waals surface area contributed by atoms with Gasteiger partial charge in [-0.3, -0.25) is 25.0 Å². The SMILES string of the molecule is COc1c(N2CCC(CN3CCC4(CC3)CC(OC(=O)Nc3cc5cc(-c6cnc7c(c6C)NCCO7)c(F)cc5cn3)C4)CC2)ccc2c1CN(C1CCC(=O)NC1=O)C2=O. The van der Waals surface area contributed by atoms with Crippen LogP contribution in [0.1, 0.15) is 72.9 Å². The third kappa shape index (κ3) is 7.41. The number of methoxy groups -OCH3 is 1. The fourth-order valence-electron chi connectivity index (χ4n) is 10.6. The minimum atomic E-state index is -0.665. The number of amides is 4. The average molecular weight is 847 g/mol. The molecule has 6 aliphatic rings. The summed E-state index contributed by atoms with van der Waals surface area (Å²) in [6.07, 6.45) is 9.03. The van der Waals surface area contributed by atoms with E-state index < -0.39 is 18.0 Å². The maximum atomic E-state index is 15.4. The molecule has 3 N–H and O–H groups in total. The molecule has 1 saturated carbocycles. The van der Waals surface area contributed by atoms with E-state index >= 15 is 4.39 Å². The Morgan fingerprint density at radius 1 is 0.984 bits per heavy atom. The Balaban J connectivity index is 0.685. The van der Waals surface area contributed by atoms with E-state index in [-0.39, 0.29) is 42.1 Å². The summed E-state index contributed by atoms with van der Waals surface area (Å²) in [5, 5.41) is 9.81. The molecule has 4 amide bonds. The predicted octanol–water partition coefficient (Wildman–Crippen LogP) is 6.03. The maximum Gasteiger partial charge on any atom is 0.413 e. The molecule has 10 rings (SSSR count). The summed E-state index contributed by atoms with van der Waals surface area (Å²) in [7, 11) is 1.63. The van der Waals surface area contributed by atoms with Crippen LogP contribution in [-0.4, -0.2) is 109 Å². The molecule has 324 valence electrons. The number of pyridine rings is 2. The van der Waals surface area contributed by atoms with Crippen LogP contribution in [0.25, 0.3) is 21.9 Å². The van der Waals surface area contributed by atoms with Gasteiger partial charge in [-0.2, -0.15) is 0 Å². The molecular formula is C46H51FN8O7. The number of benzene rings is 2. The van der Waals surface area contributed by atoms with Crippen LogP contribution in [0, 0.1) is 24.1 Å². The molecule has 4 fully saturated rings. The molecule has 3 saturated heterocycles. The van der Waals surface area contributed by atoms with Crippen LogP contribution < -0.4 is 30.3 Å². The van der Waals surface area contributed by atoms with Crippen molar-refractivity contribution in [1.29, 1.82) is 0 Å². The highest BCUT2D eigenvalue weighted by molar-refractivity contribution is 6.06. The first kappa shape index (κ1) is 40.1. The number of nitrogens with one attached hydrogen (secondary N) is 3. The van der Waals surface area contributed by atoms with E-state index in [1.807, 2.05) is 19.1 Å². The highest BCUT2D eigenvalue weighted by Crippen LogP contribution is 2.51. The molecule has 4 aromatic rings. The number of hydrogen-bond acceptors (Lipinski definition) is 12. The molecule has 0 radical (unpaired) electrons. The van der Waals surface area contributed by atoms with Crippen molar-refractivity contribution in [2.75, 3.05) is 68.5 Å². The summed E-state index contributed by atoms with van der Waals surface area (Å²) in [5.74, 6) is 0.812. The number of carbonyl (C=O) groups is 4. The van der Waals surface area contributed by atoms with E-state index in [0.717, 1.165) is 99.1 Å². The standard InChI is InChI=1S/C46H51FN8O7/c1-26-33(23-50-43-40(26)48-11-16-61-43)32-17-28-19-38(49-22-29(28)18-35(32)47)51-45(59)62-30-20-46(21-30)9-14-53(15-10-46)24-27-7-12-54(13-8-27)36-4-3-31-34(41(36)60-2)25-55(44(31)58)37-5-6-39(56)52-42(37)57/h3-4,17-19,22-23,27,30,37,48H,5-16,20-21,24-25H2,1-2H3,(H,49,51,59)(H,52,56,57). The van der Waals surface area contributed by atoms with E-state index in [4.69, 9.17) is 14.2 Å². The van der Waals surface area contributed by atoms with Crippen molar-refractivity contribution in [1.82, 2.24) is 25.1 Å². The van der Waals surface area contributed by atoms with E-state index in [1.165, 1.54) is 6.07 Å². The van der Waals surface area contributed by atoms with Crippen molar-refractivity contribution in [3.05, 3.63) is 65.2 Å². The van der Waals surface area contributed by atoms with E-state index in [9.17, 15) is 19.2 Å². The van der Waals surface area contributed by atoms with Crippen LogP contribution in [0.3, 0.4) is 0 Å². The fraction of sp³-hybridized carbons (Fsp3) is 0.478. The summed E-state index contributed by atoms with van der Waals surface area (Å²) in [6, 6.07) is 8.10. The zero-order valence-corrected chi connectivity index (χ0v) is 35.1. The van der Waals surface area contributed by atoms with Gasteiger partial charge in [-0.15, -0.1) is 0 Å². The van der Waals surface area contributed by atoms with Gasteiger partial charge in [0.1, 0.15) is 41.8 Å². The lowest BCUT2D eigenvalue weighted by Crippen LogP contribution is -2.52. The lowest BCUT2D eigenvalue weighted by atomic mass is 9.61. The van der Waals surface area contributed by atoms with Crippen LogP contribution >= 0.6 is 0 Å². The number of carbonyl (C=O) groups excluding carboxylic acids is 4. The van der Waals surface area contributed by atoms with Gasteiger partial charge in [0.05, 0.1) is 19.3 Å². The van der Waals surface area contributed by atoms with E-state index in [1.54, 1.807) is 36.5 Å². The Labute approximate surface area is 358 Å². The molecule has 2 aromatic heterocycles. The summed E-state index contributed by atoms with van der Waals surface area (Å²) in [5.41, 5.74) is 5.22. The predicted molar refractivity (Wildman–Crippen MR) is 229 cm³/mol. The first-order chi connectivity index (χ1) is 30.0. The Bertz CT molecular complexity index is 2480. The number of aromatic nitrogens is 2. The average Bonchev–Trinajstić information content (AvgIpc) is 3.59. The molecule has 15 nitrogen and oxygen atoms in total. The molecule has 7 heterocycles. The lowest BCUT2D eigenvalue weighted by molar-refractivity contribution is -0.136. The van der Waals surface area contributed by atoms with Gasteiger partial charge in [-0.1, -0.05) is 0 Å². The van der Waals surface area contributed by atoms with Gasteiger partial charge in [-0.05, 0) is 118 Å². The number of halogens is 1. The number of ether oxygens (including phenoxy) is 3. The number of fused-ring (bicyclic) bond motifs is 3. The van der Waals surface area contributed by atoms with Crippen molar-refractivity contribution in [3.8, 4) is 22.8 Å². The van der Waals surface area contributed by atoms with Crippen LogP contribution in [0.2, 0.25) is 0 Å². The maximum absolute atomic E-state index is 15.4. The van der Waals surface area contributed by atoms with Crippen molar-refractivity contribution in [2.24, 2.45) is 11.3 Å². The quantitative estimate of drug-likeness (QED) is 0.177. The third-order valence-electron chi connectivity index (χ3n) is 14.1. The molecule has 1 aliphatic carbocycles. The molecule has 5 aliphatic heterocycles. The lowest BCUT2D eigenvalue weighted by Gasteiger charge is -2.51. The van der Waals surface area contributed by atoms with Crippen molar-refractivity contribution in [2.45, 2.75) is 77.0 Å². The summed E-state index contributed by atoms with van der Waals surface area (Å²) in [4.78, 5) is 65.9. The monoisotopic (exact) mass is 846 g/mol. The first-order valence-corrected chi connectivity index (χ1v) is 21.8. The second kappa shape index (κ2) is 16.0. The first-order valence-electron chi connectivity index (χ1n) is 21.8. The topological polar surface area (TPSA) is 168 Å². The summed E-state index contributed by atoms with van der Waals surface area (Å²) in [6.45, 7) is 8.28. The van der Waals surface area contributed by atoms with Gasteiger partial charge < -0.3 is 34.2 Å². The minimum absolute atomic E-state index is 0.140. The summed E-state index contributed by atoms with van der Waals surface area (Å²) < 4.78 is 32.8. The Morgan fingerprint density at radius 2 is 1.79 bits per heavy atom. The van der Waals surface area contributed by atoms with Gasteiger partial charge >= 0.3 is 6.09 Å².